The molecule has 4 nitrogen and oxygen atoms in total. The number of hydrogen-bond donors (Lipinski definition) is 1. The molecule has 0 aliphatic carbocycles. The molecular formula is C19H17NO3. The van der Waals surface area contributed by atoms with Gasteiger partial charge in [0.1, 0.15) is 0 Å². The molecule has 1 heterocycles. The van der Waals surface area contributed by atoms with Gasteiger partial charge in [-0.15, -0.1) is 0 Å². The molecule has 3 rings (SSSR count). The van der Waals surface area contributed by atoms with Crippen LogP contribution >= 0.6 is 0 Å². The van der Waals surface area contributed by atoms with E-state index in [0.717, 1.165) is 22.2 Å². The molecule has 0 aliphatic rings. The van der Waals surface area contributed by atoms with Crippen molar-refractivity contribution in [1.29, 1.82) is 0 Å². The van der Waals surface area contributed by atoms with Crippen LogP contribution in [0.25, 0.3) is 10.9 Å². The number of hydrogen-bond acceptors (Lipinski definition) is 2. The van der Waals surface area contributed by atoms with Gasteiger partial charge in [0.05, 0.1) is 5.52 Å². The Morgan fingerprint density at radius 1 is 1.00 bits per heavy atom. The lowest BCUT2D eigenvalue weighted by atomic mass is 10.1. The molecule has 3 aromatic rings. The average molecular weight is 307 g/mol. The predicted octanol–water partition coefficient (Wildman–Crippen LogP) is 3.66. The molecule has 116 valence electrons. The highest BCUT2D eigenvalue weighted by Crippen LogP contribution is 2.27. The minimum Gasteiger partial charge on any atom is -0.481 e. The minimum absolute atomic E-state index is 0.0500. The largest absolute Gasteiger partial charge is 0.481 e. The van der Waals surface area contributed by atoms with Crippen LogP contribution in [0.15, 0.2) is 54.6 Å². The number of nitrogens with zero attached hydrogens (tertiary/aromatic N) is 1. The molecule has 1 N–H and O–H groups in total. The monoisotopic (exact) mass is 307 g/mol. The summed E-state index contributed by atoms with van der Waals surface area (Å²) in [7, 11) is 0. The van der Waals surface area contributed by atoms with Crippen LogP contribution in [0.2, 0.25) is 0 Å². The molecule has 0 amide bonds. The van der Waals surface area contributed by atoms with Gasteiger partial charge in [0.2, 0.25) is 0 Å². The van der Waals surface area contributed by atoms with Gasteiger partial charge >= 0.3 is 5.97 Å². The molecular weight excluding hydrogens is 290 g/mol. The topological polar surface area (TPSA) is 59.3 Å². The Morgan fingerprint density at radius 3 is 2.35 bits per heavy atom. The van der Waals surface area contributed by atoms with Gasteiger partial charge in [-0.1, -0.05) is 36.4 Å². The van der Waals surface area contributed by atoms with Crippen molar-refractivity contribution in [3.8, 4) is 0 Å². The van der Waals surface area contributed by atoms with E-state index in [-0.39, 0.29) is 12.3 Å². The Hall–Kier alpha value is -2.88. The number of aliphatic carboxylic acids is 1. The van der Waals surface area contributed by atoms with Gasteiger partial charge in [-0.2, -0.15) is 0 Å². The first-order valence-corrected chi connectivity index (χ1v) is 7.50. The number of aromatic nitrogens is 1. The normalized spacial score (nSPS) is 10.8. The molecule has 0 atom stereocenters. The quantitative estimate of drug-likeness (QED) is 0.800. The van der Waals surface area contributed by atoms with Gasteiger partial charge in [-0.3, -0.25) is 14.2 Å². The van der Waals surface area contributed by atoms with E-state index in [9.17, 15) is 9.59 Å². The highest BCUT2D eigenvalue weighted by Gasteiger charge is 2.19. The number of rotatable bonds is 4. The maximum atomic E-state index is 12.9. The lowest BCUT2D eigenvalue weighted by molar-refractivity contribution is -0.136. The molecule has 23 heavy (non-hydrogen) atoms. The molecule has 0 spiro atoms. The summed E-state index contributed by atoms with van der Waals surface area (Å²) in [5, 5.41) is 9.90. The van der Waals surface area contributed by atoms with Crippen molar-refractivity contribution in [3.05, 3.63) is 71.4 Å². The number of carboxylic acid groups (broad SMARTS) is 1. The van der Waals surface area contributed by atoms with Crippen molar-refractivity contribution >= 4 is 22.8 Å². The Morgan fingerprint density at radius 2 is 1.65 bits per heavy atom. The van der Waals surface area contributed by atoms with Crippen LogP contribution in [0, 0.1) is 6.92 Å². The highest BCUT2D eigenvalue weighted by molar-refractivity contribution is 6.04. The Bertz CT molecular complexity index is 878. The van der Waals surface area contributed by atoms with Gasteiger partial charge in [0.15, 0.2) is 0 Å². The fourth-order valence-electron chi connectivity index (χ4n) is 2.95. The van der Waals surface area contributed by atoms with Crippen LogP contribution < -0.4 is 0 Å². The second kappa shape index (κ2) is 6.08. The summed E-state index contributed by atoms with van der Waals surface area (Å²) in [5.74, 6) is -0.934. The first-order valence-electron chi connectivity index (χ1n) is 7.50. The van der Waals surface area contributed by atoms with E-state index < -0.39 is 5.97 Å². The Kier molecular flexibility index (Phi) is 3.98. The van der Waals surface area contributed by atoms with Crippen LogP contribution in [-0.2, 0) is 11.2 Å². The van der Waals surface area contributed by atoms with E-state index in [1.54, 1.807) is 16.7 Å². The fraction of sp³-hybridized carbons (Fsp3) is 0.158. The van der Waals surface area contributed by atoms with Crippen LogP contribution in [0.1, 0.15) is 28.0 Å². The molecule has 0 saturated heterocycles. The molecule has 4 heteroatoms. The first-order chi connectivity index (χ1) is 11.1. The zero-order valence-corrected chi connectivity index (χ0v) is 12.8. The summed E-state index contributed by atoms with van der Waals surface area (Å²) < 4.78 is 1.68. The number of para-hydroxylation sites is 1. The van der Waals surface area contributed by atoms with Crippen molar-refractivity contribution in [3.63, 3.8) is 0 Å². The Balaban J connectivity index is 2.15. The van der Waals surface area contributed by atoms with Crippen molar-refractivity contribution < 1.29 is 14.7 Å². The first kappa shape index (κ1) is 15.0. The molecule has 0 aliphatic heterocycles. The van der Waals surface area contributed by atoms with Gasteiger partial charge in [0.25, 0.3) is 5.91 Å². The molecule has 0 fully saturated rings. The van der Waals surface area contributed by atoms with E-state index in [1.807, 2.05) is 49.4 Å². The maximum Gasteiger partial charge on any atom is 0.303 e. The predicted molar refractivity (Wildman–Crippen MR) is 88.8 cm³/mol. The van der Waals surface area contributed by atoms with Crippen molar-refractivity contribution in [2.24, 2.45) is 0 Å². The molecule has 0 radical (unpaired) electrons. The van der Waals surface area contributed by atoms with E-state index in [4.69, 9.17) is 5.11 Å². The van der Waals surface area contributed by atoms with Crippen molar-refractivity contribution in [2.45, 2.75) is 19.8 Å². The van der Waals surface area contributed by atoms with Gasteiger partial charge < -0.3 is 5.11 Å². The van der Waals surface area contributed by atoms with Gasteiger partial charge in [-0.05, 0) is 37.1 Å². The Labute approximate surface area is 134 Å². The average Bonchev–Trinajstić information content (AvgIpc) is 2.84. The van der Waals surface area contributed by atoms with E-state index in [2.05, 4.69) is 0 Å². The van der Waals surface area contributed by atoms with Crippen LogP contribution in [0.4, 0.5) is 0 Å². The highest BCUT2D eigenvalue weighted by atomic mass is 16.4. The van der Waals surface area contributed by atoms with Crippen molar-refractivity contribution in [1.82, 2.24) is 4.57 Å². The van der Waals surface area contributed by atoms with Crippen LogP contribution in [-0.4, -0.2) is 21.6 Å². The third kappa shape index (κ3) is 2.75. The lowest BCUT2D eigenvalue weighted by Gasteiger charge is -2.07. The molecule has 1 aromatic heterocycles. The fourth-order valence-corrected chi connectivity index (χ4v) is 2.95. The summed E-state index contributed by atoms with van der Waals surface area (Å²) in [6, 6.07) is 16.7. The van der Waals surface area contributed by atoms with Gasteiger partial charge in [-0.25, -0.2) is 0 Å². The number of benzene rings is 2. The third-order valence-corrected chi connectivity index (χ3v) is 4.05. The number of carboxylic acids is 1. The zero-order chi connectivity index (χ0) is 16.4. The molecule has 0 unspecified atom stereocenters. The molecule has 0 saturated carbocycles. The SMILES string of the molecule is Cc1c(CCC(=O)O)c2ccccc2n1C(=O)c1ccccc1. The molecule has 2 aromatic carbocycles. The summed E-state index contributed by atoms with van der Waals surface area (Å²) in [5.41, 5.74) is 3.16. The standard InChI is InChI=1S/C19H17NO3/c1-13-15(11-12-18(21)22)16-9-5-6-10-17(16)20(13)19(23)14-7-3-2-4-8-14/h2-10H,11-12H2,1H3,(H,21,22). The summed E-state index contributed by atoms with van der Waals surface area (Å²) >= 11 is 0. The molecule has 0 bridgehead atoms. The number of carbonyl (C=O) groups excluding carboxylic acids is 1. The lowest BCUT2D eigenvalue weighted by Crippen LogP contribution is -2.13. The maximum absolute atomic E-state index is 12.9. The smallest absolute Gasteiger partial charge is 0.303 e. The van der Waals surface area contributed by atoms with Gasteiger partial charge in [0, 0.05) is 23.1 Å². The van der Waals surface area contributed by atoms with Crippen molar-refractivity contribution in [2.75, 3.05) is 0 Å². The van der Waals surface area contributed by atoms with E-state index in [0.29, 0.717) is 12.0 Å². The van der Waals surface area contributed by atoms with E-state index >= 15 is 0 Å². The summed E-state index contributed by atoms with van der Waals surface area (Å²) in [6.07, 6.45) is 0.463. The zero-order valence-electron chi connectivity index (χ0n) is 12.8. The van der Waals surface area contributed by atoms with Crippen LogP contribution in [0.5, 0.6) is 0 Å². The van der Waals surface area contributed by atoms with E-state index in [1.165, 1.54) is 0 Å². The number of aryl methyl sites for hydroxylation is 1. The van der Waals surface area contributed by atoms with Crippen LogP contribution in [0.3, 0.4) is 0 Å². The minimum atomic E-state index is -0.837. The second-order valence-corrected chi connectivity index (χ2v) is 5.48. The summed E-state index contributed by atoms with van der Waals surface area (Å²) in [6.45, 7) is 1.87. The summed E-state index contributed by atoms with van der Waals surface area (Å²) in [4.78, 5) is 23.8. The third-order valence-electron chi connectivity index (χ3n) is 4.05. The number of fused-ring (bicyclic) bond motifs is 1. The number of carbonyl (C=O) groups is 2. The second-order valence-electron chi connectivity index (χ2n) is 5.48.